The molecule has 0 saturated carbocycles. The molecule has 2 aliphatic rings. The maximum absolute atomic E-state index is 12.8. The third-order valence-corrected chi connectivity index (χ3v) is 12.8. The number of phenolic OH excluding ortho intramolecular Hbond substituents is 2. The van der Waals surface area contributed by atoms with E-state index in [1.165, 1.54) is 44.5 Å². The van der Waals surface area contributed by atoms with Gasteiger partial charge in [0, 0.05) is 35.1 Å². The molecule has 8 heteroatoms. The number of rotatable bonds is 17. The fourth-order valence-corrected chi connectivity index (χ4v) is 9.44. The Bertz CT molecular complexity index is 2560. The quantitative estimate of drug-likeness (QED) is 0.0687. The van der Waals surface area contributed by atoms with Crippen LogP contribution in [0.1, 0.15) is 98.9 Å². The molecule has 66 heavy (non-hydrogen) atoms. The summed E-state index contributed by atoms with van der Waals surface area (Å²) in [6.45, 7) is 13.9. The van der Waals surface area contributed by atoms with Gasteiger partial charge in [0.2, 0.25) is 0 Å². The van der Waals surface area contributed by atoms with E-state index in [1.807, 2.05) is 24.3 Å². The minimum absolute atomic E-state index is 0.128. The van der Waals surface area contributed by atoms with Crippen LogP contribution in [-0.2, 0) is 65.0 Å². The van der Waals surface area contributed by atoms with E-state index in [0.717, 1.165) is 57.3 Å². The van der Waals surface area contributed by atoms with E-state index < -0.39 is 0 Å². The van der Waals surface area contributed by atoms with Crippen molar-refractivity contribution in [2.75, 3.05) is 39.6 Å². The Morgan fingerprint density at radius 2 is 0.803 bits per heavy atom. The maximum Gasteiger partial charge on any atom is 0.306 e. The second-order valence-corrected chi connectivity index (χ2v) is 19.6. The average Bonchev–Trinajstić information content (AvgIpc) is 3.87. The monoisotopic (exact) mass is 886 g/mol. The van der Waals surface area contributed by atoms with Crippen LogP contribution in [0.3, 0.4) is 0 Å². The van der Waals surface area contributed by atoms with Gasteiger partial charge in [0.15, 0.2) is 0 Å². The van der Waals surface area contributed by atoms with Crippen LogP contribution >= 0.6 is 0 Å². The molecule has 2 aliphatic carbocycles. The third-order valence-electron chi connectivity index (χ3n) is 12.8. The lowest BCUT2D eigenvalue weighted by atomic mass is 9.81. The van der Waals surface area contributed by atoms with Gasteiger partial charge in [0.25, 0.3) is 0 Å². The molecular weight excluding hydrogens is 825 g/mol. The minimum atomic E-state index is -0.314. The first kappa shape index (κ1) is 46.3. The zero-order valence-corrected chi connectivity index (χ0v) is 39.2. The highest BCUT2D eigenvalue weighted by Crippen LogP contribution is 2.48. The lowest BCUT2D eigenvalue weighted by molar-refractivity contribution is -0.146. The summed E-state index contributed by atoms with van der Waals surface area (Å²) in [4.78, 5) is 25.6. The Morgan fingerprint density at radius 1 is 0.455 bits per heavy atom. The molecule has 0 unspecified atom stereocenters. The van der Waals surface area contributed by atoms with Gasteiger partial charge in [0.05, 0.1) is 26.4 Å². The smallest absolute Gasteiger partial charge is 0.306 e. The molecule has 8 rings (SSSR count). The van der Waals surface area contributed by atoms with Crippen molar-refractivity contribution in [3.05, 3.63) is 154 Å². The fourth-order valence-electron chi connectivity index (χ4n) is 9.44. The summed E-state index contributed by atoms with van der Waals surface area (Å²) in [7, 11) is 0. The van der Waals surface area contributed by atoms with E-state index >= 15 is 0 Å². The van der Waals surface area contributed by atoms with Gasteiger partial charge < -0.3 is 29.2 Å². The largest absolute Gasteiger partial charge is 0.507 e. The van der Waals surface area contributed by atoms with E-state index in [2.05, 4.69) is 126 Å². The lowest BCUT2D eigenvalue weighted by Gasteiger charge is -2.24. The Morgan fingerprint density at radius 3 is 1.20 bits per heavy atom. The van der Waals surface area contributed by atoms with Crippen molar-refractivity contribution in [3.8, 4) is 56.0 Å². The molecule has 6 aromatic carbocycles. The number of benzene rings is 6. The van der Waals surface area contributed by atoms with Gasteiger partial charge in [-0.25, -0.2) is 0 Å². The first-order valence-electron chi connectivity index (χ1n) is 23.3. The molecule has 342 valence electrons. The molecule has 8 nitrogen and oxygen atoms in total. The SMILES string of the molecule is CC(C)(C)c1cc(CCC(=O)OCCOCCOCCOC(=O)CCc2cc(-c3cccc4c3Cc3ccccc3-4)c(O)c(C(C)(C)C)c2)cc(-c2cccc3c2Cc2ccccc2-3)c1O. The van der Waals surface area contributed by atoms with Crippen LogP contribution in [0.4, 0.5) is 0 Å². The molecule has 2 N–H and O–H groups in total. The molecule has 0 atom stereocenters. The Kier molecular flexibility index (Phi) is 13.8. The summed E-state index contributed by atoms with van der Waals surface area (Å²) in [6.07, 6.45) is 2.98. The molecule has 0 saturated heterocycles. The summed E-state index contributed by atoms with van der Waals surface area (Å²) < 4.78 is 22.2. The molecule has 0 amide bonds. The Hall–Kier alpha value is -6.22. The molecule has 0 bridgehead atoms. The third kappa shape index (κ3) is 10.3. The average molecular weight is 887 g/mol. The normalized spacial score (nSPS) is 12.6. The molecule has 0 aromatic heterocycles. The first-order chi connectivity index (χ1) is 31.7. The van der Waals surface area contributed by atoms with Crippen LogP contribution in [0.2, 0.25) is 0 Å². The number of phenols is 2. The predicted octanol–water partition coefficient (Wildman–Crippen LogP) is 11.9. The summed E-state index contributed by atoms with van der Waals surface area (Å²) >= 11 is 0. The van der Waals surface area contributed by atoms with Crippen LogP contribution < -0.4 is 0 Å². The highest BCUT2D eigenvalue weighted by molar-refractivity contribution is 5.88. The molecule has 0 heterocycles. The maximum atomic E-state index is 12.8. The molecule has 0 spiro atoms. The van der Waals surface area contributed by atoms with Gasteiger partial charge in [-0.3, -0.25) is 9.59 Å². The van der Waals surface area contributed by atoms with Crippen LogP contribution in [0.15, 0.2) is 109 Å². The first-order valence-corrected chi connectivity index (χ1v) is 23.3. The number of aromatic hydroxyl groups is 2. The van der Waals surface area contributed by atoms with E-state index in [-0.39, 0.29) is 73.5 Å². The van der Waals surface area contributed by atoms with Gasteiger partial charge in [-0.2, -0.15) is 0 Å². The summed E-state index contributed by atoms with van der Waals surface area (Å²) in [6, 6.07) is 37.5. The van der Waals surface area contributed by atoms with Gasteiger partial charge in [-0.1, -0.05) is 139 Å². The van der Waals surface area contributed by atoms with Crippen molar-refractivity contribution in [1.82, 2.24) is 0 Å². The van der Waals surface area contributed by atoms with Crippen molar-refractivity contribution >= 4 is 11.9 Å². The van der Waals surface area contributed by atoms with E-state index in [9.17, 15) is 19.8 Å². The van der Waals surface area contributed by atoms with Gasteiger partial charge in [0.1, 0.15) is 24.7 Å². The number of carbonyl (C=O) groups excluding carboxylic acids is 2. The molecular formula is C58H62O8. The minimum Gasteiger partial charge on any atom is -0.507 e. The van der Waals surface area contributed by atoms with Gasteiger partial charge in [-0.15, -0.1) is 0 Å². The topological polar surface area (TPSA) is 112 Å². The number of ether oxygens (including phenoxy) is 4. The number of aryl methyl sites for hydroxylation is 2. The fraction of sp³-hybridized carbons (Fsp3) is 0.345. The second kappa shape index (κ2) is 19.7. The van der Waals surface area contributed by atoms with Crippen molar-refractivity contribution in [2.45, 2.75) is 90.9 Å². The Labute approximate surface area is 389 Å². The molecule has 0 radical (unpaired) electrons. The van der Waals surface area contributed by atoms with Crippen molar-refractivity contribution in [2.24, 2.45) is 0 Å². The van der Waals surface area contributed by atoms with Gasteiger partial charge in [-0.05, 0) is 115 Å². The molecule has 0 fully saturated rings. The summed E-state index contributed by atoms with van der Waals surface area (Å²) in [5.41, 5.74) is 16.5. The predicted molar refractivity (Wildman–Crippen MR) is 261 cm³/mol. The van der Waals surface area contributed by atoms with Crippen LogP contribution in [0.25, 0.3) is 44.5 Å². The van der Waals surface area contributed by atoms with Crippen molar-refractivity contribution in [3.63, 3.8) is 0 Å². The number of carbonyl (C=O) groups is 2. The second-order valence-electron chi connectivity index (χ2n) is 19.6. The zero-order valence-electron chi connectivity index (χ0n) is 39.2. The van der Waals surface area contributed by atoms with Crippen molar-refractivity contribution < 1.29 is 38.7 Å². The number of hydrogen-bond acceptors (Lipinski definition) is 8. The zero-order chi connectivity index (χ0) is 46.6. The van der Waals surface area contributed by atoms with Gasteiger partial charge >= 0.3 is 11.9 Å². The number of hydrogen-bond donors (Lipinski definition) is 2. The molecule has 6 aromatic rings. The van der Waals surface area contributed by atoms with Crippen LogP contribution in [-0.4, -0.2) is 61.8 Å². The summed E-state index contributed by atoms with van der Waals surface area (Å²) in [5, 5.41) is 23.2. The summed E-state index contributed by atoms with van der Waals surface area (Å²) in [5.74, 6) is -0.0640. The van der Waals surface area contributed by atoms with E-state index in [0.29, 0.717) is 26.1 Å². The Balaban J connectivity index is 0.749. The van der Waals surface area contributed by atoms with Crippen LogP contribution in [0.5, 0.6) is 11.5 Å². The lowest BCUT2D eigenvalue weighted by Crippen LogP contribution is -2.16. The van der Waals surface area contributed by atoms with E-state index in [4.69, 9.17) is 18.9 Å². The van der Waals surface area contributed by atoms with Crippen molar-refractivity contribution in [1.29, 1.82) is 0 Å². The number of fused-ring (bicyclic) bond motifs is 6. The highest BCUT2D eigenvalue weighted by atomic mass is 16.6. The van der Waals surface area contributed by atoms with Crippen LogP contribution in [0, 0.1) is 0 Å². The van der Waals surface area contributed by atoms with E-state index in [1.54, 1.807) is 0 Å². The highest BCUT2D eigenvalue weighted by Gasteiger charge is 2.28. The number of esters is 2. The molecule has 0 aliphatic heterocycles. The standard InChI is InChI=1S/C58H62O8/c1-57(2,3)51-33-37(31-49(55(51)61)45-19-11-17-43-41-15-9-7-13-39(41)35-47(43)45)21-23-53(59)65-29-27-63-25-26-64-28-30-66-54(60)24-22-38-32-50(56(62)52(34-38)58(4,5)6)46-20-12-18-44-42-16-10-8-14-40(42)36-48(44)46/h7-20,31-34,61-62H,21-30,35-36H2,1-6H3.